The van der Waals surface area contributed by atoms with Crippen molar-refractivity contribution in [1.82, 2.24) is 0 Å². The number of nitro groups is 1. The molecule has 1 rings (SSSR count). The quantitative estimate of drug-likeness (QED) is 0.616. The van der Waals surface area contributed by atoms with Gasteiger partial charge in [-0.3, -0.25) is 10.1 Å². The van der Waals surface area contributed by atoms with E-state index < -0.39 is 0 Å². The topological polar surface area (TPSA) is 52.4 Å². The molecule has 0 unspecified atom stereocenters. The van der Waals surface area contributed by atoms with Gasteiger partial charge in [0.15, 0.2) is 0 Å². The summed E-state index contributed by atoms with van der Waals surface area (Å²) in [7, 11) is 1.57. The number of rotatable bonds is 4. The van der Waals surface area contributed by atoms with E-state index >= 15 is 0 Å². The molecule has 4 nitrogen and oxygen atoms in total. The van der Waals surface area contributed by atoms with E-state index in [4.69, 9.17) is 4.74 Å². The average molecular weight is 260 g/mol. The minimum atomic E-state index is -0.327. The van der Waals surface area contributed by atoms with Crippen LogP contribution in [0.5, 0.6) is 5.75 Å². The van der Waals surface area contributed by atoms with Crippen LogP contribution in [0.1, 0.15) is 5.56 Å². The van der Waals surface area contributed by atoms with Crippen LogP contribution in [0.25, 0.3) is 0 Å². The van der Waals surface area contributed by atoms with E-state index in [9.17, 15) is 10.1 Å². The van der Waals surface area contributed by atoms with Crippen LogP contribution >= 0.6 is 15.9 Å². The first-order chi connectivity index (χ1) is 6.65. The van der Waals surface area contributed by atoms with Crippen molar-refractivity contribution < 1.29 is 9.66 Å². The van der Waals surface area contributed by atoms with Gasteiger partial charge in [-0.25, -0.2) is 0 Å². The zero-order valence-electron chi connectivity index (χ0n) is 7.70. The highest BCUT2D eigenvalue weighted by atomic mass is 79.9. The number of hydrogen-bond acceptors (Lipinski definition) is 3. The predicted octanol–water partition coefficient (Wildman–Crippen LogP) is 2.28. The normalized spacial score (nSPS) is 9.86. The Balaban J connectivity index is 2.81. The van der Waals surface area contributed by atoms with Gasteiger partial charge in [0.05, 0.1) is 11.6 Å². The fourth-order valence-corrected chi connectivity index (χ4v) is 1.74. The summed E-state index contributed by atoms with van der Waals surface area (Å²) < 4.78 is 5.87. The molecule has 0 heterocycles. The average Bonchev–Trinajstić information content (AvgIpc) is 2.16. The minimum Gasteiger partial charge on any atom is -0.496 e. The van der Waals surface area contributed by atoms with Crippen molar-refractivity contribution in [2.75, 3.05) is 13.7 Å². The fourth-order valence-electron chi connectivity index (χ4n) is 1.12. The van der Waals surface area contributed by atoms with Gasteiger partial charge in [-0.1, -0.05) is 12.1 Å². The Morgan fingerprint density at radius 3 is 2.86 bits per heavy atom. The highest BCUT2D eigenvalue weighted by molar-refractivity contribution is 9.10. The van der Waals surface area contributed by atoms with Gasteiger partial charge >= 0.3 is 0 Å². The van der Waals surface area contributed by atoms with Gasteiger partial charge < -0.3 is 4.74 Å². The highest BCUT2D eigenvalue weighted by Gasteiger charge is 2.07. The van der Waals surface area contributed by atoms with Crippen LogP contribution < -0.4 is 4.74 Å². The van der Waals surface area contributed by atoms with Crippen LogP contribution in [-0.4, -0.2) is 18.6 Å². The lowest BCUT2D eigenvalue weighted by atomic mass is 10.1. The number of ether oxygens (including phenoxy) is 1. The molecular weight excluding hydrogens is 250 g/mol. The lowest BCUT2D eigenvalue weighted by Gasteiger charge is -2.06. The molecule has 76 valence electrons. The second kappa shape index (κ2) is 4.95. The molecule has 0 aliphatic carbocycles. The van der Waals surface area contributed by atoms with Crippen molar-refractivity contribution >= 4 is 15.9 Å². The van der Waals surface area contributed by atoms with Crippen molar-refractivity contribution in [2.24, 2.45) is 0 Å². The summed E-state index contributed by atoms with van der Waals surface area (Å²) >= 11 is 3.34. The number of methoxy groups -OCH3 is 1. The molecule has 0 saturated heterocycles. The first-order valence-electron chi connectivity index (χ1n) is 4.08. The summed E-state index contributed by atoms with van der Waals surface area (Å²) in [5.74, 6) is 0.700. The molecule has 0 aliphatic rings. The molecule has 0 radical (unpaired) electrons. The summed E-state index contributed by atoms with van der Waals surface area (Å²) in [6.07, 6.45) is 0.408. The van der Waals surface area contributed by atoms with E-state index in [1.165, 1.54) is 0 Å². The lowest BCUT2D eigenvalue weighted by Crippen LogP contribution is -2.04. The Kier molecular flexibility index (Phi) is 3.88. The van der Waals surface area contributed by atoms with Crippen LogP contribution in [0.4, 0.5) is 0 Å². The van der Waals surface area contributed by atoms with Gasteiger partial charge in [-0.05, 0) is 27.6 Å². The van der Waals surface area contributed by atoms with Crippen molar-refractivity contribution in [3.8, 4) is 5.75 Å². The molecule has 14 heavy (non-hydrogen) atoms. The third-order valence-corrected chi connectivity index (χ3v) is 2.73. The van der Waals surface area contributed by atoms with Crippen LogP contribution in [0.2, 0.25) is 0 Å². The molecular formula is C9H10BrNO3. The number of halogens is 1. The molecule has 0 atom stereocenters. The molecule has 0 aliphatic heterocycles. The second-order valence-corrected chi connectivity index (χ2v) is 3.53. The largest absolute Gasteiger partial charge is 0.496 e. The van der Waals surface area contributed by atoms with Crippen molar-refractivity contribution in [3.63, 3.8) is 0 Å². The summed E-state index contributed by atoms with van der Waals surface area (Å²) in [4.78, 5) is 9.87. The third-order valence-electron chi connectivity index (χ3n) is 1.83. The summed E-state index contributed by atoms with van der Waals surface area (Å²) in [6, 6.07) is 5.47. The highest BCUT2D eigenvalue weighted by Crippen LogP contribution is 2.28. The smallest absolute Gasteiger partial charge is 0.207 e. The molecule has 0 amide bonds. The molecule has 1 aromatic rings. The molecule has 1 aromatic carbocycles. The molecule has 0 N–H and O–H groups in total. The first-order valence-corrected chi connectivity index (χ1v) is 4.87. The van der Waals surface area contributed by atoms with Gasteiger partial charge in [-0.15, -0.1) is 0 Å². The van der Waals surface area contributed by atoms with E-state index in [0.717, 1.165) is 10.0 Å². The van der Waals surface area contributed by atoms with Crippen LogP contribution in [0.15, 0.2) is 22.7 Å². The Bertz CT molecular complexity index is 341. The van der Waals surface area contributed by atoms with E-state index in [1.807, 2.05) is 12.1 Å². The van der Waals surface area contributed by atoms with E-state index in [0.29, 0.717) is 12.2 Å². The van der Waals surface area contributed by atoms with Gasteiger partial charge in [0.2, 0.25) is 6.54 Å². The number of hydrogen-bond donors (Lipinski definition) is 0. The molecule has 0 spiro atoms. The summed E-state index contributed by atoms with van der Waals surface area (Å²) in [6.45, 7) is -0.0637. The molecule has 0 fully saturated rings. The van der Waals surface area contributed by atoms with Gasteiger partial charge in [0, 0.05) is 11.3 Å². The predicted molar refractivity (Wildman–Crippen MR) is 56.3 cm³/mol. The molecule has 0 aromatic heterocycles. The maximum atomic E-state index is 10.2. The molecule has 5 heteroatoms. The van der Waals surface area contributed by atoms with E-state index in [2.05, 4.69) is 15.9 Å². The van der Waals surface area contributed by atoms with E-state index in [-0.39, 0.29) is 11.5 Å². The van der Waals surface area contributed by atoms with Gasteiger partial charge in [-0.2, -0.15) is 0 Å². The second-order valence-electron chi connectivity index (χ2n) is 2.74. The monoisotopic (exact) mass is 259 g/mol. The Labute approximate surface area is 90.2 Å². The molecule has 0 bridgehead atoms. The summed E-state index contributed by atoms with van der Waals surface area (Å²) in [5.41, 5.74) is 0.890. The first kappa shape index (κ1) is 11.0. The maximum absolute atomic E-state index is 10.2. The van der Waals surface area contributed by atoms with Gasteiger partial charge in [0.1, 0.15) is 5.75 Å². The van der Waals surface area contributed by atoms with E-state index in [1.54, 1.807) is 13.2 Å². The summed E-state index contributed by atoms with van der Waals surface area (Å²) in [5, 5.41) is 10.2. The number of nitrogens with zero attached hydrogens (tertiary/aromatic N) is 1. The van der Waals surface area contributed by atoms with Gasteiger partial charge in [0.25, 0.3) is 0 Å². The maximum Gasteiger partial charge on any atom is 0.207 e. The van der Waals surface area contributed by atoms with Crippen LogP contribution in [0, 0.1) is 10.1 Å². The van der Waals surface area contributed by atoms with Crippen LogP contribution in [-0.2, 0) is 6.42 Å². The Hall–Kier alpha value is -1.10. The van der Waals surface area contributed by atoms with Crippen molar-refractivity contribution in [3.05, 3.63) is 38.3 Å². The fraction of sp³-hybridized carbons (Fsp3) is 0.333. The zero-order chi connectivity index (χ0) is 10.6. The van der Waals surface area contributed by atoms with Crippen molar-refractivity contribution in [1.29, 1.82) is 0 Å². The molecule has 0 saturated carbocycles. The number of benzene rings is 1. The Morgan fingerprint density at radius 2 is 2.29 bits per heavy atom. The minimum absolute atomic E-state index is 0.0637. The zero-order valence-corrected chi connectivity index (χ0v) is 9.28. The van der Waals surface area contributed by atoms with Crippen LogP contribution in [0.3, 0.4) is 0 Å². The van der Waals surface area contributed by atoms with Crippen molar-refractivity contribution in [2.45, 2.75) is 6.42 Å². The standard InChI is InChI=1S/C9H10BrNO3/c1-14-8-4-2-3-7(9(8)10)5-6-11(12)13/h2-4H,5-6H2,1H3. The Morgan fingerprint density at radius 1 is 1.57 bits per heavy atom. The lowest BCUT2D eigenvalue weighted by molar-refractivity contribution is -0.479. The third kappa shape index (κ3) is 2.70. The SMILES string of the molecule is COc1cccc(CC[N+](=O)[O-])c1Br.